The number of nitrogens with one attached hydrogen (secondary N) is 1. The van der Waals surface area contributed by atoms with E-state index in [2.05, 4.69) is 20.1 Å². The molecule has 7 nitrogen and oxygen atoms in total. The Kier molecular flexibility index (Phi) is 6.23. The number of pyridine rings is 1. The summed E-state index contributed by atoms with van der Waals surface area (Å²) in [6.07, 6.45) is -1.41. The average molecular weight is 483 g/mol. The van der Waals surface area contributed by atoms with Gasteiger partial charge in [0, 0.05) is 11.3 Å². The van der Waals surface area contributed by atoms with E-state index in [1.165, 1.54) is 35.2 Å². The Morgan fingerprint density at radius 1 is 1.24 bits per heavy atom. The van der Waals surface area contributed by atoms with Gasteiger partial charge in [-0.15, -0.1) is 0 Å². The summed E-state index contributed by atoms with van der Waals surface area (Å²) in [6, 6.07) is 8.17. The van der Waals surface area contributed by atoms with Crippen LogP contribution in [0.2, 0.25) is 5.02 Å². The maximum atomic E-state index is 13.8. The van der Waals surface area contributed by atoms with E-state index in [9.17, 15) is 22.4 Å². The Hall–Kier alpha value is -3.60. The van der Waals surface area contributed by atoms with Gasteiger partial charge in [0.2, 0.25) is 5.91 Å². The lowest BCUT2D eigenvalue weighted by Crippen LogP contribution is -2.20. The van der Waals surface area contributed by atoms with E-state index >= 15 is 0 Å². The highest BCUT2D eigenvalue weighted by Crippen LogP contribution is 2.33. The van der Waals surface area contributed by atoms with Crippen LogP contribution in [0.3, 0.4) is 0 Å². The first-order valence-electron chi connectivity index (χ1n) is 9.47. The summed E-state index contributed by atoms with van der Waals surface area (Å²) < 4.78 is 63.0. The van der Waals surface area contributed by atoms with E-state index in [1.807, 2.05) is 0 Å². The van der Waals surface area contributed by atoms with Crippen LogP contribution >= 0.6 is 11.6 Å². The van der Waals surface area contributed by atoms with Gasteiger partial charge in [-0.25, -0.2) is 18.4 Å². The van der Waals surface area contributed by atoms with E-state index < -0.39 is 18.9 Å². The number of rotatable bonds is 7. The fourth-order valence-corrected chi connectivity index (χ4v) is 3.55. The van der Waals surface area contributed by atoms with Crippen LogP contribution in [0.1, 0.15) is 17.7 Å². The highest BCUT2D eigenvalue weighted by Gasteiger charge is 2.22. The second-order valence-corrected chi connectivity index (χ2v) is 7.30. The fourth-order valence-electron chi connectivity index (χ4n) is 3.33. The normalized spacial score (nSPS) is 11.5. The first-order valence-corrected chi connectivity index (χ1v) is 9.85. The molecular weight excluding hydrogens is 468 g/mol. The van der Waals surface area contributed by atoms with Crippen molar-refractivity contribution >= 4 is 34.2 Å². The van der Waals surface area contributed by atoms with E-state index in [1.54, 1.807) is 19.1 Å². The standard InChI is InChI=1S/C21H15ClF4N4O3/c1-10-18-12(19(23)24)8-14(16-3-2-6-32-16)28-20(18)30(29-10)9-17(31)27-11-4-5-15(13(22)7-11)33-21(25)26/h2-8,19,21H,9H2,1H3,(H,27,31). The first-order chi connectivity index (χ1) is 15.7. The van der Waals surface area contributed by atoms with Gasteiger partial charge < -0.3 is 14.5 Å². The molecule has 3 aromatic heterocycles. The number of carbonyl (C=O) groups excluding carboxylic acids is 1. The van der Waals surface area contributed by atoms with Crippen LogP contribution in [-0.2, 0) is 11.3 Å². The van der Waals surface area contributed by atoms with Crippen molar-refractivity contribution in [3.63, 3.8) is 0 Å². The average Bonchev–Trinajstić information content (AvgIpc) is 3.38. The molecule has 33 heavy (non-hydrogen) atoms. The number of amides is 1. The molecule has 0 saturated heterocycles. The largest absolute Gasteiger partial charge is 0.463 e. The van der Waals surface area contributed by atoms with Gasteiger partial charge in [0.25, 0.3) is 6.43 Å². The Morgan fingerprint density at radius 2 is 2.03 bits per heavy atom. The lowest BCUT2D eigenvalue weighted by molar-refractivity contribution is -0.116. The second-order valence-electron chi connectivity index (χ2n) is 6.89. The van der Waals surface area contributed by atoms with Crippen molar-refractivity contribution in [2.75, 3.05) is 5.32 Å². The van der Waals surface area contributed by atoms with Crippen LogP contribution in [0.25, 0.3) is 22.5 Å². The first kappa shape index (κ1) is 22.6. The number of halogens is 5. The van der Waals surface area contributed by atoms with Crippen molar-refractivity contribution in [2.24, 2.45) is 0 Å². The molecular formula is C21H15ClF4N4O3. The zero-order valence-electron chi connectivity index (χ0n) is 16.9. The molecule has 1 amide bonds. The minimum Gasteiger partial charge on any atom is -0.463 e. The molecule has 0 aliphatic rings. The molecule has 0 radical (unpaired) electrons. The number of hydrogen-bond acceptors (Lipinski definition) is 5. The lowest BCUT2D eigenvalue weighted by atomic mass is 10.1. The molecule has 1 N–H and O–H groups in total. The van der Waals surface area contributed by atoms with Gasteiger partial charge in [0.15, 0.2) is 11.4 Å². The molecule has 0 atom stereocenters. The number of anilines is 1. The number of alkyl halides is 4. The predicted octanol–water partition coefficient (Wildman–Crippen LogP) is 5.83. The van der Waals surface area contributed by atoms with Crippen LogP contribution < -0.4 is 10.1 Å². The minimum atomic E-state index is -3.05. The number of fused-ring (bicyclic) bond motifs is 1. The van der Waals surface area contributed by atoms with Crippen molar-refractivity contribution in [3.05, 3.63) is 58.9 Å². The molecule has 0 spiro atoms. The smallest absolute Gasteiger partial charge is 0.387 e. The Balaban J connectivity index is 1.63. The monoisotopic (exact) mass is 482 g/mol. The fraction of sp³-hybridized carbons (Fsp3) is 0.190. The Labute approximate surface area is 188 Å². The summed E-state index contributed by atoms with van der Waals surface area (Å²) in [4.78, 5) is 17.0. The number of carbonyl (C=O) groups is 1. The third kappa shape index (κ3) is 4.77. The maximum Gasteiger partial charge on any atom is 0.387 e. The highest BCUT2D eigenvalue weighted by molar-refractivity contribution is 6.32. The van der Waals surface area contributed by atoms with Gasteiger partial charge in [-0.05, 0) is 43.3 Å². The summed E-state index contributed by atoms with van der Waals surface area (Å²) in [5, 5.41) is 6.76. The molecule has 1 aromatic carbocycles. The van der Waals surface area contributed by atoms with Crippen LogP contribution in [0.5, 0.6) is 5.75 Å². The van der Waals surface area contributed by atoms with Crippen molar-refractivity contribution < 1.29 is 31.5 Å². The summed E-state index contributed by atoms with van der Waals surface area (Å²) in [5.41, 5.74) is 0.480. The molecule has 0 unspecified atom stereocenters. The number of benzene rings is 1. The Bertz CT molecular complexity index is 1310. The summed E-state index contributed by atoms with van der Waals surface area (Å²) in [7, 11) is 0. The maximum absolute atomic E-state index is 13.8. The topological polar surface area (TPSA) is 82.2 Å². The van der Waals surface area contributed by atoms with E-state index in [4.69, 9.17) is 16.0 Å². The zero-order valence-corrected chi connectivity index (χ0v) is 17.6. The molecule has 4 rings (SSSR count). The minimum absolute atomic E-state index is 0.0885. The van der Waals surface area contributed by atoms with Gasteiger partial charge >= 0.3 is 6.61 Å². The SMILES string of the molecule is Cc1nn(CC(=O)Nc2ccc(OC(F)F)c(Cl)c2)c2nc(-c3ccco3)cc(C(F)F)c12. The van der Waals surface area contributed by atoms with Crippen molar-refractivity contribution in [3.8, 4) is 17.2 Å². The van der Waals surface area contributed by atoms with E-state index in [0.717, 1.165) is 0 Å². The number of aromatic nitrogens is 3. The molecule has 172 valence electrons. The van der Waals surface area contributed by atoms with Gasteiger partial charge in [-0.3, -0.25) is 4.79 Å². The third-order valence-corrected chi connectivity index (χ3v) is 4.94. The number of hydrogen-bond donors (Lipinski definition) is 1. The van der Waals surface area contributed by atoms with Gasteiger partial charge in [0.1, 0.15) is 18.0 Å². The number of furan rings is 1. The molecule has 0 bridgehead atoms. The van der Waals surface area contributed by atoms with Crippen molar-refractivity contribution in [2.45, 2.75) is 26.5 Å². The summed E-state index contributed by atoms with van der Waals surface area (Å²) in [5.74, 6) is -0.524. The second kappa shape index (κ2) is 9.10. The van der Waals surface area contributed by atoms with Gasteiger partial charge in [-0.2, -0.15) is 13.9 Å². The molecule has 0 aliphatic heterocycles. The molecule has 0 saturated carbocycles. The third-order valence-electron chi connectivity index (χ3n) is 4.64. The van der Waals surface area contributed by atoms with Crippen molar-refractivity contribution in [1.29, 1.82) is 0 Å². The van der Waals surface area contributed by atoms with Gasteiger partial charge in [0.05, 0.1) is 22.4 Å². The highest BCUT2D eigenvalue weighted by atomic mass is 35.5. The van der Waals surface area contributed by atoms with Crippen LogP contribution in [-0.4, -0.2) is 27.3 Å². The van der Waals surface area contributed by atoms with Crippen molar-refractivity contribution in [1.82, 2.24) is 14.8 Å². The quantitative estimate of drug-likeness (QED) is 0.335. The lowest BCUT2D eigenvalue weighted by Gasteiger charge is -2.10. The summed E-state index contributed by atoms with van der Waals surface area (Å²) >= 11 is 5.89. The van der Waals surface area contributed by atoms with Gasteiger partial charge in [-0.1, -0.05) is 11.6 Å². The molecule has 0 fully saturated rings. The number of ether oxygens (including phenoxy) is 1. The zero-order chi connectivity index (χ0) is 23.7. The molecule has 3 heterocycles. The molecule has 4 aromatic rings. The molecule has 0 aliphatic carbocycles. The molecule has 12 heteroatoms. The Morgan fingerprint density at radius 3 is 2.67 bits per heavy atom. The van der Waals surface area contributed by atoms with Crippen LogP contribution in [0, 0.1) is 6.92 Å². The van der Waals surface area contributed by atoms with Crippen LogP contribution in [0.15, 0.2) is 47.1 Å². The predicted molar refractivity (Wildman–Crippen MR) is 112 cm³/mol. The number of nitrogens with zero attached hydrogens (tertiary/aromatic N) is 3. The number of aryl methyl sites for hydroxylation is 1. The van der Waals surface area contributed by atoms with E-state index in [-0.39, 0.29) is 56.7 Å². The summed E-state index contributed by atoms with van der Waals surface area (Å²) in [6.45, 7) is -1.86. The van der Waals surface area contributed by atoms with E-state index in [0.29, 0.717) is 0 Å². The van der Waals surface area contributed by atoms with Crippen LogP contribution in [0.4, 0.5) is 23.2 Å².